The summed E-state index contributed by atoms with van der Waals surface area (Å²) in [5.74, 6) is 0.669. The Balaban J connectivity index is 2.60. The Morgan fingerprint density at radius 2 is 2.06 bits per heavy atom. The fourth-order valence-electron chi connectivity index (χ4n) is 1.57. The summed E-state index contributed by atoms with van der Waals surface area (Å²) in [7, 11) is 0. The molecule has 4 heteroatoms. The highest BCUT2D eigenvalue weighted by atomic mass is 16.5. The lowest BCUT2D eigenvalue weighted by atomic mass is 10.0. The third kappa shape index (κ3) is 4.20. The molecule has 0 bridgehead atoms. The van der Waals surface area contributed by atoms with Crippen LogP contribution >= 0.6 is 0 Å². The highest BCUT2D eigenvalue weighted by Crippen LogP contribution is 2.29. The van der Waals surface area contributed by atoms with E-state index in [0.29, 0.717) is 31.9 Å². The van der Waals surface area contributed by atoms with Gasteiger partial charge in [-0.05, 0) is 26.3 Å². The van der Waals surface area contributed by atoms with Crippen LogP contribution in [0.15, 0.2) is 18.2 Å². The summed E-state index contributed by atoms with van der Waals surface area (Å²) in [4.78, 5) is 0. The maximum absolute atomic E-state index is 9.98. The molecule has 0 saturated heterocycles. The number of ether oxygens (including phenoxy) is 1. The summed E-state index contributed by atoms with van der Waals surface area (Å²) >= 11 is 0. The van der Waals surface area contributed by atoms with Crippen LogP contribution in [0.1, 0.15) is 32.8 Å². The molecule has 1 rings (SSSR count). The standard InChI is InChI=1S/C14H23NO3/c1-4-14(3,17)10-15-9-11-7-6-8-12(13(11)16)18-5-2/h6-8,15-17H,4-5,9-10H2,1-3H3. The van der Waals surface area contributed by atoms with Gasteiger partial charge in [0, 0.05) is 18.7 Å². The average molecular weight is 253 g/mol. The predicted octanol–water partition coefficient (Wildman–Crippen LogP) is 2.04. The zero-order valence-corrected chi connectivity index (χ0v) is 11.4. The van der Waals surface area contributed by atoms with E-state index in [9.17, 15) is 10.2 Å². The van der Waals surface area contributed by atoms with Crippen molar-refractivity contribution in [2.75, 3.05) is 13.2 Å². The first-order valence-corrected chi connectivity index (χ1v) is 6.37. The van der Waals surface area contributed by atoms with E-state index in [0.717, 1.165) is 5.56 Å². The minimum atomic E-state index is -0.715. The van der Waals surface area contributed by atoms with Crippen LogP contribution in [0.5, 0.6) is 11.5 Å². The van der Waals surface area contributed by atoms with Gasteiger partial charge in [-0.2, -0.15) is 0 Å². The van der Waals surface area contributed by atoms with E-state index in [2.05, 4.69) is 5.32 Å². The number of nitrogens with one attached hydrogen (secondary N) is 1. The van der Waals surface area contributed by atoms with E-state index in [1.165, 1.54) is 0 Å². The number of rotatable bonds is 7. The summed E-state index contributed by atoms with van der Waals surface area (Å²) in [6, 6.07) is 5.43. The first-order valence-electron chi connectivity index (χ1n) is 6.37. The van der Waals surface area contributed by atoms with Crippen LogP contribution < -0.4 is 10.1 Å². The van der Waals surface area contributed by atoms with Gasteiger partial charge >= 0.3 is 0 Å². The average Bonchev–Trinajstić information content (AvgIpc) is 2.34. The topological polar surface area (TPSA) is 61.7 Å². The highest BCUT2D eigenvalue weighted by molar-refractivity contribution is 5.45. The van der Waals surface area contributed by atoms with Gasteiger partial charge in [0.05, 0.1) is 12.2 Å². The molecular weight excluding hydrogens is 230 g/mol. The van der Waals surface area contributed by atoms with E-state index in [1.807, 2.05) is 26.0 Å². The van der Waals surface area contributed by atoms with Crippen molar-refractivity contribution in [3.8, 4) is 11.5 Å². The molecule has 1 aromatic rings. The van der Waals surface area contributed by atoms with Gasteiger partial charge in [0.2, 0.25) is 0 Å². The fraction of sp³-hybridized carbons (Fsp3) is 0.571. The van der Waals surface area contributed by atoms with E-state index in [4.69, 9.17) is 4.74 Å². The molecule has 0 aromatic heterocycles. The van der Waals surface area contributed by atoms with Crippen LogP contribution in [0.2, 0.25) is 0 Å². The van der Waals surface area contributed by atoms with Gasteiger partial charge in [-0.1, -0.05) is 19.1 Å². The van der Waals surface area contributed by atoms with Crippen molar-refractivity contribution in [2.45, 2.75) is 39.3 Å². The summed E-state index contributed by atoms with van der Waals surface area (Å²) in [5, 5.41) is 23.0. The van der Waals surface area contributed by atoms with E-state index in [-0.39, 0.29) is 5.75 Å². The summed E-state index contributed by atoms with van der Waals surface area (Å²) in [6.07, 6.45) is 0.685. The number of hydrogen-bond acceptors (Lipinski definition) is 4. The molecule has 0 heterocycles. The van der Waals surface area contributed by atoms with Gasteiger partial charge in [-0.3, -0.25) is 0 Å². The highest BCUT2D eigenvalue weighted by Gasteiger charge is 2.17. The Morgan fingerprint density at radius 3 is 2.67 bits per heavy atom. The van der Waals surface area contributed by atoms with E-state index in [1.54, 1.807) is 13.0 Å². The maximum Gasteiger partial charge on any atom is 0.162 e. The largest absolute Gasteiger partial charge is 0.504 e. The van der Waals surface area contributed by atoms with Crippen LogP contribution in [-0.2, 0) is 6.54 Å². The van der Waals surface area contributed by atoms with Gasteiger partial charge in [0.15, 0.2) is 11.5 Å². The van der Waals surface area contributed by atoms with Gasteiger partial charge in [0.1, 0.15) is 0 Å². The Morgan fingerprint density at radius 1 is 1.33 bits per heavy atom. The maximum atomic E-state index is 9.98. The fourth-order valence-corrected chi connectivity index (χ4v) is 1.57. The molecule has 0 radical (unpaired) electrons. The molecule has 1 aromatic carbocycles. The third-order valence-electron chi connectivity index (χ3n) is 2.97. The molecule has 0 aliphatic rings. The monoisotopic (exact) mass is 253 g/mol. The van der Waals surface area contributed by atoms with Gasteiger partial charge in [-0.25, -0.2) is 0 Å². The minimum absolute atomic E-state index is 0.169. The first-order chi connectivity index (χ1) is 8.50. The Bertz CT molecular complexity index is 377. The molecule has 0 aliphatic heterocycles. The number of aromatic hydroxyl groups is 1. The molecule has 4 nitrogen and oxygen atoms in total. The molecule has 0 saturated carbocycles. The van der Waals surface area contributed by atoms with Gasteiger partial charge < -0.3 is 20.3 Å². The Labute approximate surface area is 109 Å². The zero-order valence-electron chi connectivity index (χ0n) is 11.4. The summed E-state index contributed by atoms with van der Waals surface area (Å²) in [5.41, 5.74) is 0.0560. The first kappa shape index (κ1) is 14.8. The third-order valence-corrected chi connectivity index (χ3v) is 2.97. The molecule has 102 valence electrons. The van der Waals surface area contributed by atoms with Gasteiger partial charge in [0.25, 0.3) is 0 Å². The van der Waals surface area contributed by atoms with Crippen LogP contribution in [0.25, 0.3) is 0 Å². The lowest BCUT2D eigenvalue weighted by molar-refractivity contribution is 0.0555. The number of hydrogen-bond donors (Lipinski definition) is 3. The molecule has 1 unspecified atom stereocenters. The smallest absolute Gasteiger partial charge is 0.162 e. The van der Waals surface area contributed by atoms with E-state index < -0.39 is 5.60 Å². The number of phenolic OH excluding ortho intramolecular Hbond substituents is 1. The van der Waals surface area contributed by atoms with Crippen molar-refractivity contribution >= 4 is 0 Å². The second-order valence-electron chi connectivity index (χ2n) is 4.65. The Hall–Kier alpha value is -1.26. The van der Waals surface area contributed by atoms with Crippen molar-refractivity contribution < 1.29 is 14.9 Å². The molecule has 0 spiro atoms. The second kappa shape index (κ2) is 6.61. The second-order valence-corrected chi connectivity index (χ2v) is 4.65. The van der Waals surface area contributed by atoms with Crippen LogP contribution in [-0.4, -0.2) is 29.0 Å². The zero-order chi connectivity index (χ0) is 13.6. The van der Waals surface area contributed by atoms with Crippen molar-refractivity contribution in [2.24, 2.45) is 0 Å². The molecule has 0 fully saturated rings. The quantitative estimate of drug-likeness (QED) is 0.696. The number of benzene rings is 1. The summed E-state index contributed by atoms with van der Waals surface area (Å²) in [6.45, 7) is 7.12. The molecule has 0 aliphatic carbocycles. The van der Waals surface area contributed by atoms with Crippen molar-refractivity contribution in [1.29, 1.82) is 0 Å². The minimum Gasteiger partial charge on any atom is -0.504 e. The molecule has 0 amide bonds. The molecular formula is C14H23NO3. The number of phenols is 1. The molecule has 3 N–H and O–H groups in total. The Kier molecular flexibility index (Phi) is 5.44. The molecule has 1 atom stereocenters. The number of aliphatic hydroxyl groups is 1. The lowest BCUT2D eigenvalue weighted by Crippen LogP contribution is -2.36. The SMILES string of the molecule is CCOc1cccc(CNCC(C)(O)CC)c1O. The van der Waals surface area contributed by atoms with Crippen LogP contribution in [0, 0.1) is 0 Å². The predicted molar refractivity (Wildman–Crippen MR) is 71.9 cm³/mol. The normalized spacial score (nSPS) is 14.2. The summed E-state index contributed by atoms with van der Waals surface area (Å²) < 4.78 is 5.32. The van der Waals surface area contributed by atoms with E-state index >= 15 is 0 Å². The molecule has 18 heavy (non-hydrogen) atoms. The van der Waals surface area contributed by atoms with Crippen molar-refractivity contribution in [3.63, 3.8) is 0 Å². The van der Waals surface area contributed by atoms with Crippen LogP contribution in [0.4, 0.5) is 0 Å². The van der Waals surface area contributed by atoms with Gasteiger partial charge in [-0.15, -0.1) is 0 Å². The lowest BCUT2D eigenvalue weighted by Gasteiger charge is -2.22. The van der Waals surface area contributed by atoms with Crippen LogP contribution in [0.3, 0.4) is 0 Å². The number of para-hydroxylation sites is 1. The van der Waals surface area contributed by atoms with Crippen molar-refractivity contribution in [3.05, 3.63) is 23.8 Å². The van der Waals surface area contributed by atoms with Crippen molar-refractivity contribution in [1.82, 2.24) is 5.32 Å².